The molecule has 7 nitrogen and oxygen atoms in total. The summed E-state index contributed by atoms with van der Waals surface area (Å²) in [5, 5.41) is 4.34. The second kappa shape index (κ2) is 7.85. The number of ether oxygens (including phenoxy) is 1. The van der Waals surface area contributed by atoms with Crippen molar-refractivity contribution in [2.75, 3.05) is 53.9 Å². The van der Waals surface area contributed by atoms with Gasteiger partial charge in [-0.1, -0.05) is 0 Å². The molecule has 2 saturated heterocycles. The van der Waals surface area contributed by atoms with Gasteiger partial charge in [0.15, 0.2) is 0 Å². The summed E-state index contributed by atoms with van der Waals surface area (Å²) in [5.41, 5.74) is 1.24. The molecule has 3 atom stereocenters. The van der Waals surface area contributed by atoms with E-state index in [0.717, 1.165) is 26.1 Å². The maximum Gasteiger partial charge on any atom is 0.252 e. The van der Waals surface area contributed by atoms with Crippen molar-refractivity contribution in [1.82, 2.24) is 24.5 Å². The molecule has 1 aromatic rings. The van der Waals surface area contributed by atoms with Crippen LogP contribution in [0.15, 0.2) is 12.4 Å². The lowest BCUT2D eigenvalue weighted by Gasteiger charge is -2.41. The Morgan fingerprint density at radius 1 is 1.36 bits per heavy atom. The van der Waals surface area contributed by atoms with Gasteiger partial charge in [-0.2, -0.15) is 5.10 Å². The van der Waals surface area contributed by atoms with Crippen LogP contribution >= 0.6 is 0 Å². The van der Waals surface area contributed by atoms with E-state index in [1.807, 2.05) is 36.9 Å². The van der Waals surface area contributed by atoms with Crippen molar-refractivity contribution in [3.8, 4) is 0 Å². The quantitative estimate of drug-likeness (QED) is 0.796. The Morgan fingerprint density at radius 2 is 2.16 bits per heavy atom. The minimum atomic E-state index is -0.332. The molecule has 0 spiro atoms. The van der Waals surface area contributed by atoms with Gasteiger partial charge in [-0.15, -0.1) is 0 Å². The highest BCUT2D eigenvalue weighted by Gasteiger charge is 2.34. The molecule has 0 bridgehead atoms. The molecule has 140 valence electrons. The SMILES string of the molecule is CN1CCO[C@@H](C(=O)N(C)C[C@@H]2CCCN(C)[C@H]2c2cnn(C)c2)C1. The van der Waals surface area contributed by atoms with Crippen molar-refractivity contribution in [3.63, 3.8) is 0 Å². The summed E-state index contributed by atoms with van der Waals surface area (Å²) < 4.78 is 7.56. The zero-order valence-corrected chi connectivity index (χ0v) is 15.9. The fraction of sp³-hybridized carbons (Fsp3) is 0.778. The van der Waals surface area contributed by atoms with Gasteiger partial charge in [0, 0.05) is 51.5 Å². The summed E-state index contributed by atoms with van der Waals surface area (Å²) in [6, 6.07) is 0.313. The van der Waals surface area contributed by atoms with Crippen LogP contribution in [-0.4, -0.2) is 90.4 Å². The number of carbonyl (C=O) groups excluding carboxylic acids is 1. The lowest BCUT2D eigenvalue weighted by molar-refractivity contribution is -0.148. The summed E-state index contributed by atoms with van der Waals surface area (Å²) in [4.78, 5) is 19.2. The van der Waals surface area contributed by atoms with Crippen LogP contribution in [0.1, 0.15) is 24.4 Å². The van der Waals surface area contributed by atoms with Crippen LogP contribution in [-0.2, 0) is 16.6 Å². The van der Waals surface area contributed by atoms with E-state index in [-0.39, 0.29) is 12.0 Å². The molecule has 2 aliphatic rings. The molecule has 0 aromatic carbocycles. The summed E-state index contributed by atoms with van der Waals surface area (Å²) in [5.74, 6) is 0.517. The van der Waals surface area contributed by atoms with Crippen LogP contribution < -0.4 is 0 Å². The summed E-state index contributed by atoms with van der Waals surface area (Å²) in [6.07, 6.45) is 6.03. The number of likely N-dealkylation sites (tertiary alicyclic amines) is 1. The van der Waals surface area contributed by atoms with Crippen molar-refractivity contribution in [2.45, 2.75) is 25.0 Å². The Hall–Kier alpha value is -1.44. The topological polar surface area (TPSA) is 53.8 Å². The lowest BCUT2D eigenvalue weighted by Crippen LogP contribution is -2.50. The normalized spacial score (nSPS) is 28.9. The Bertz CT molecular complexity index is 590. The number of morpholine rings is 1. The maximum absolute atomic E-state index is 12.8. The number of piperidine rings is 1. The van der Waals surface area contributed by atoms with E-state index < -0.39 is 0 Å². The van der Waals surface area contributed by atoms with E-state index >= 15 is 0 Å². The standard InChI is InChI=1S/C18H31N5O2/c1-20-8-9-25-16(13-20)18(24)22(3)11-14-6-5-7-21(2)17(14)15-10-19-23(4)12-15/h10,12,14,16-17H,5-9,11,13H2,1-4H3/t14-,16+,17+/m0/s1. The molecule has 2 aliphatic heterocycles. The molecule has 25 heavy (non-hydrogen) atoms. The number of amides is 1. The van der Waals surface area contributed by atoms with Gasteiger partial charge in [-0.05, 0) is 39.4 Å². The molecule has 0 aliphatic carbocycles. The number of hydrogen-bond acceptors (Lipinski definition) is 5. The third-order valence-electron chi connectivity index (χ3n) is 5.50. The Labute approximate surface area is 150 Å². The summed E-state index contributed by atoms with van der Waals surface area (Å²) >= 11 is 0. The van der Waals surface area contributed by atoms with Crippen LogP contribution in [0.5, 0.6) is 0 Å². The largest absolute Gasteiger partial charge is 0.366 e. The highest BCUT2D eigenvalue weighted by molar-refractivity contribution is 5.81. The van der Waals surface area contributed by atoms with Crippen LogP contribution in [0.4, 0.5) is 0 Å². The molecule has 3 rings (SSSR count). The number of carbonyl (C=O) groups is 1. The molecule has 2 fully saturated rings. The predicted molar refractivity (Wildman–Crippen MR) is 96.2 cm³/mol. The molecule has 7 heteroatoms. The highest BCUT2D eigenvalue weighted by atomic mass is 16.5. The van der Waals surface area contributed by atoms with Crippen molar-refractivity contribution < 1.29 is 9.53 Å². The fourth-order valence-electron chi connectivity index (χ4n) is 4.19. The third kappa shape index (κ3) is 4.22. The van der Waals surface area contributed by atoms with Crippen LogP contribution in [0.25, 0.3) is 0 Å². The smallest absolute Gasteiger partial charge is 0.252 e. The molecule has 3 heterocycles. The first-order valence-corrected chi connectivity index (χ1v) is 9.19. The average Bonchev–Trinajstić information content (AvgIpc) is 3.00. The average molecular weight is 349 g/mol. The van der Waals surface area contributed by atoms with E-state index in [1.54, 1.807) is 0 Å². The highest BCUT2D eigenvalue weighted by Crippen LogP contribution is 2.35. The number of nitrogens with zero attached hydrogens (tertiary/aromatic N) is 5. The first-order valence-electron chi connectivity index (χ1n) is 9.19. The fourth-order valence-corrected chi connectivity index (χ4v) is 4.19. The van der Waals surface area contributed by atoms with Crippen molar-refractivity contribution in [3.05, 3.63) is 18.0 Å². The van der Waals surface area contributed by atoms with E-state index in [2.05, 4.69) is 28.1 Å². The van der Waals surface area contributed by atoms with Gasteiger partial charge in [0.1, 0.15) is 6.10 Å². The second-order valence-electron chi connectivity index (χ2n) is 7.62. The summed E-state index contributed by atoms with van der Waals surface area (Å²) in [7, 11) is 8.07. The van der Waals surface area contributed by atoms with Crippen LogP contribution in [0.2, 0.25) is 0 Å². The lowest BCUT2D eigenvalue weighted by atomic mass is 9.85. The van der Waals surface area contributed by atoms with Crippen LogP contribution in [0.3, 0.4) is 0 Å². The third-order valence-corrected chi connectivity index (χ3v) is 5.50. The molecule has 0 N–H and O–H groups in total. The first kappa shape index (κ1) is 18.4. The zero-order chi connectivity index (χ0) is 18.0. The van der Waals surface area contributed by atoms with E-state index in [9.17, 15) is 4.79 Å². The number of aromatic nitrogens is 2. The van der Waals surface area contributed by atoms with Crippen molar-refractivity contribution in [2.24, 2.45) is 13.0 Å². The molecule has 1 amide bonds. The number of likely N-dealkylation sites (N-methyl/N-ethyl adjacent to an activating group) is 2. The first-order chi connectivity index (χ1) is 12.0. The van der Waals surface area contributed by atoms with Gasteiger partial charge >= 0.3 is 0 Å². The minimum Gasteiger partial charge on any atom is -0.366 e. The van der Waals surface area contributed by atoms with Crippen LogP contribution in [0, 0.1) is 5.92 Å². The van der Waals surface area contributed by atoms with Gasteiger partial charge in [0.25, 0.3) is 5.91 Å². The predicted octanol–water partition coefficient (Wildman–Crippen LogP) is 0.592. The molecule has 1 aromatic heterocycles. The molecule has 0 unspecified atom stereocenters. The second-order valence-corrected chi connectivity index (χ2v) is 7.62. The monoisotopic (exact) mass is 349 g/mol. The van der Waals surface area contributed by atoms with Gasteiger partial charge in [0.2, 0.25) is 0 Å². The molecule has 0 radical (unpaired) electrons. The molecular formula is C18H31N5O2. The van der Waals surface area contributed by atoms with Gasteiger partial charge in [-0.3, -0.25) is 14.4 Å². The number of aryl methyl sites for hydroxylation is 1. The molecule has 0 saturated carbocycles. The molecular weight excluding hydrogens is 318 g/mol. The van der Waals surface area contributed by atoms with Gasteiger partial charge in [-0.25, -0.2) is 0 Å². The van der Waals surface area contributed by atoms with E-state index in [4.69, 9.17) is 4.74 Å². The Kier molecular flexibility index (Phi) is 5.76. The minimum absolute atomic E-state index is 0.102. The Balaban J connectivity index is 1.67. The van der Waals surface area contributed by atoms with Gasteiger partial charge < -0.3 is 14.5 Å². The zero-order valence-electron chi connectivity index (χ0n) is 15.9. The Morgan fingerprint density at radius 3 is 2.84 bits per heavy atom. The van der Waals surface area contributed by atoms with Crippen molar-refractivity contribution >= 4 is 5.91 Å². The van der Waals surface area contributed by atoms with Crippen molar-refractivity contribution in [1.29, 1.82) is 0 Å². The van der Waals surface area contributed by atoms with E-state index in [1.165, 1.54) is 12.0 Å². The van der Waals surface area contributed by atoms with Gasteiger partial charge in [0.05, 0.1) is 12.8 Å². The van der Waals surface area contributed by atoms with E-state index in [0.29, 0.717) is 25.1 Å². The number of hydrogen-bond donors (Lipinski definition) is 0. The number of rotatable bonds is 4. The maximum atomic E-state index is 12.8. The summed E-state index contributed by atoms with van der Waals surface area (Å²) in [6.45, 7) is 4.05.